The number of hydrogen-bond donors (Lipinski definition) is 3. The summed E-state index contributed by atoms with van der Waals surface area (Å²) in [7, 11) is -4.06. The highest BCUT2D eigenvalue weighted by atomic mass is 32.2. The van der Waals surface area contributed by atoms with E-state index in [1.165, 1.54) is 21.9 Å². The summed E-state index contributed by atoms with van der Waals surface area (Å²) in [6.45, 7) is 3.59. The van der Waals surface area contributed by atoms with Crippen molar-refractivity contribution in [1.29, 1.82) is 0 Å². The van der Waals surface area contributed by atoms with Crippen LogP contribution in [0.5, 0.6) is 11.5 Å². The van der Waals surface area contributed by atoms with E-state index >= 15 is 4.79 Å². The highest BCUT2D eigenvalue weighted by Gasteiger charge is 2.64. The lowest BCUT2D eigenvalue weighted by Crippen LogP contribution is -2.61. The van der Waals surface area contributed by atoms with Gasteiger partial charge in [-0.3, -0.25) is 24.0 Å². The van der Waals surface area contributed by atoms with Crippen molar-refractivity contribution >= 4 is 44.7 Å². The second-order valence-corrected chi connectivity index (χ2v) is 20.8. The molecular weight excluding hydrogens is 820 g/mol. The zero-order valence-electron chi connectivity index (χ0n) is 34.7. The highest BCUT2D eigenvalue weighted by Crippen LogP contribution is 2.49. The number of nitrogens with zero attached hydrogens (tertiary/aromatic N) is 3. The van der Waals surface area contributed by atoms with Crippen LogP contribution in [0.2, 0.25) is 0 Å². The molecule has 3 saturated carbocycles. The normalized spacial score (nSPS) is 30.1. The molecule has 3 N–H and O–H groups in total. The van der Waals surface area contributed by atoms with Crippen LogP contribution >= 0.6 is 0 Å². The molecule has 1 aromatic carbocycles. The molecule has 0 radical (unpaired) electrons. The van der Waals surface area contributed by atoms with E-state index in [-0.39, 0.29) is 38.0 Å². The fourth-order valence-electron chi connectivity index (χ4n) is 10.1. The van der Waals surface area contributed by atoms with Crippen LogP contribution in [0.25, 0.3) is 10.9 Å². The number of hydrogen-bond acceptors (Lipinski definition) is 9. The number of halogens is 3. The van der Waals surface area contributed by atoms with E-state index in [4.69, 9.17) is 9.47 Å². The molecule has 4 heterocycles. The molecule has 2 aromatic rings. The largest absolute Gasteiger partial charge is 0.484 e. The predicted molar refractivity (Wildman–Crippen MR) is 216 cm³/mol. The van der Waals surface area contributed by atoms with Gasteiger partial charge in [0.05, 0.1) is 22.5 Å². The minimum absolute atomic E-state index is 0.00205. The van der Waals surface area contributed by atoms with Gasteiger partial charge in [0.15, 0.2) is 6.61 Å². The van der Waals surface area contributed by atoms with Crippen molar-refractivity contribution in [2.45, 2.75) is 157 Å². The number of rotatable bonds is 7. The summed E-state index contributed by atoms with van der Waals surface area (Å²) in [6.07, 6.45) is 5.09. The topological polar surface area (TPSA) is 185 Å². The fourth-order valence-corrected chi connectivity index (χ4v) is 11.4. The van der Waals surface area contributed by atoms with Gasteiger partial charge in [-0.1, -0.05) is 37.8 Å². The Balaban J connectivity index is 1.16. The molecule has 332 valence electrons. The standard InChI is InChI=1S/C43H54F3N5O9S/c1-26-34-29(30-21-28(13-14-31(30)47-26)59-25-43(44,45)46)15-18-41(60-34)23-33-35(52)48-42(37(54)49-61(57,58)40(3)19-20-40)22-27(42)11-7-5-4-6-8-12-32(36(53)50(33)24-41)51(38(55)56)39(2)16-9-10-17-39/h7,11,13-14,21,27,32-33H,4-6,8-10,12,15-20,22-25H2,1-3H3,(H,48,52)(H,49,54)(H,55,56)/b11-7-/t27-,32+,33+,41-,42-/m1/s1. The molecular formula is C43H54F3N5O9S. The quantitative estimate of drug-likeness (QED) is 0.270. The average molecular weight is 874 g/mol. The number of benzene rings is 1. The third-order valence-corrected chi connectivity index (χ3v) is 16.3. The van der Waals surface area contributed by atoms with Gasteiger partial charge < -0.3 is 24.8 Å². The Hall–Kier alpha value is -4.61. The van der Waals surface area contributed by atoms with Gasteiger partial charge in [-0.25, -0.2) is 18.2 Å². The fraction of sp³-hybridized carbons (Fsp3) is 0.651. The zero-order valence-corrected chi connectivity index (χ0v) is 35.6. The maximum atomic E-state index is 15.3. The lowest BCUT2D eigenvalue weighted by molar-refractivity contribution is -0.153. The molecule has 5 atom stereocenters. The van der Waals surface area contributed by atoms with Crippen LogP contribution < -0.4 is 19.5 Å². The van der Waals surface area contributed by atoms with Crippen molar-refractivity contribution in [3.8, 4) is 11.5 Å². The van der Waals surface area contributed by atoms with Crippen molar-refractivity contribution in [3.05, 3.63) is 41.6 Å². The van der Waals surface area contributed by atoms with Gasteiger partial charge >= 0.3 is 12.3 Å². The number of nitrogens with one attached hydrogen (secondary N) is 2. The number of carbonyl (C=O) groups excluding carboxylic acids is 3. The van der Waals surface area contributed by atoms with Crippen LogP contribution in [0.3, 0.4) is 0 Å². The number of aromatic nitrogens is 1. The molecule has 1 saturated heterocycles. The van der Waals surface area contributed by atoms with Gasteiger partial charge in [-0.15, -0.1) is 0 Å². The SMILES string of the molecule is Cc1nc2ccc(OCC(F)(F)F)cc2c2c1O[C@]1(CC2)C[C@H]2C(=O)N[C@]3(C(=O)NS(=O)(=O)C4(C)CC4)C[C@H]3/C=C\CCCCC[C@H](N(C(=O)O)C3(C)CCCC3)C(=O)N2C1. The summed E-state index contributed by atoms with van der Waals surface area (Å²) in [5, 5.41) is 14.2. The minimum Gasteiger partial charge on any atom is -0.484 e. The second-order valence-electron chi connectivity index (χ2n) is 18.7. The molecule has 0 unspecified atom stereocenters. The van der Waals surface area contributed by atoms with Crippen molar-refractivity contribution in [2.75, 3.05) is 13.2 Å². The Morgan fingerprint density at radius 2 is 1.80 bits per heavy atom. The molecule has 3 aliphatic carbocycles. The van der Waals surface area contributed by atoms with E-state index in [0.717, 1.165) is 19.3 Å². The van der Waals surface area contributed by atoms with Crippen LogP contribution in [0.15, 0.2) is 30.4 Å². The molecule has 14 nitrogen and oxygen atoms in total. The Morgan fingerprint density at radius 1 is 1.07 bits per heavy atom. The number of amides is 4. The minimum atomic E-state index is -4.54. The third kappa shape index (κ3) is 8.13. The number of aryl methyl sites for hydroxylation is 2. The van der Waals surface area contributed by atoms with Crippen molar-refractivity contribution < 1.29 is 55.3 Å². The van der Waals surface area contributed by atoms with Gasteiger partial charge in [0.25, 0.3) is 5.91 Å². The van der Waals surface area contributed by atoms with Crippen molar-refractivity contribution in [2.24, 2.45) is 5.92 Å². The molecule has 6 aliphatic rings. The van der Waals surface area contributed by atoms with Crippen LogP contribution in [-0.2, 0) is 30.8 Å². The maximum Gasteiger partial charge on any atom is 0.422 e. The summed E-state index contributed by atoms with van der Waals surface area (Å²) in [4.78, 5) is 64.8. The van der Waals surface area contributed by atoms with Crippen molar-refractivity contribution in [3.63, 3.8) is 0 Å². The van der Waals surface area contributed by atoms with Gasteiger partial charge in [0, 0.05) is 28.8 Å². The van der Waals surface area contributed by atoms with Crippen LogP contribution in [0, 0.1) is 12.8 Å². The number of ether oxygens (including phenoxy) is 2. The lowest BCUT2D eigenvalue weighted by atomic mass is 9.87. The van der Waals surface area contributed by atoms with Gasteiger partial charge in [0.2, 0.25) is 21.8 Å². The Labute approximate surface area is 353 Å². The number of carboxylic acid groups (broad SMARTS) is 1. The number of fused-ring (bicyclic) bond motifs is 5. The Kier molecular flexibility index (Phi) is 10.8. The zero-order chi connectivity index (χ0) is 43.8. The van der Waals surface area contributed by atoms with Gasteiger partial charge in [-0.05, 0) is 103 Å². The highest BCUT2D eigenvalue weighted by molar-refractivity contribution is 7.91. The third-order valence-electron chi connectivity index (χ3n) is 14.1. The Morgan fingerprint density at radius 3 is 2.49 bits per heavy atom. The number of allylic oxidation sites excluding steroid dienone is 1. The van der Waals surface area contributed by atoms with Gasteiger partial charge in [-0.2, -0.15) is 13.2 Å². The molecule has 0 bridgehead atoms. The van der Waals surface area contributed by atoms with E-state index in [9.17, 15) is 41.1 Å². The van der Waals surface area contributed by atoms with E-state index in [1.54, 1.807) is 19.9 Å². The summed E-state index contributed by atoms with van der Waals surface area (Å²) in [6, 6.07) is 2.13. The smallest absolute Gasteiger partial charge is 0.422 e. The Bertz CT molecular complexity index is 2280. The van der Waals surface area contributed by atoms with Crippen LogP contribution in [0.1, 0.15) is 115 Å². The van der Waals surface area contributed by atoms with Crippen LogP contribution in [0.4, 0.5) is 18.0 Å². The second kappa shape index (κ2) is 15.3. The summed E-state index contributed by atoms with van der Waals surface area (Å²) in [5.41, 5.74) is -1.90. The van der Waals surface area contributed by atoms with Crippen LogP contribution in [-0.4, -0.2) is 105 Å². The first-order valence-electron chi connectivity index (χ1n) is 21.4. The van der Waals surface area contributed by atoms with Gasteiger partial charge in [0.1, 0.15) is 34.7 Å². The number of alkyl halides is 3. The summed E-state index contributed by atoms with van der Waals surface area (Å²) in [5.74, 6) is -2.23. The summed E-state index contributed by atoms with van der Waals surface area (Å²) < 4.78 is 78.7. The van der Waals surface area contributed by atoms with E-state index < -0.39 is 86.0 Å². The first-order chi connectivity index (χ1) is 28.7. The molecule has 4 amide bonds. The van der Waals surface area contributed by atoms with Crippen molar-refractivity contribution in [1.82, 2.24) is 24.8 Å². The molecule has 1 aromatic heterocycles. The maximum absolute atomic E-state index is 15.3. The number of pyridine rings is 1. The van der Waals surface area contributed by atoms with E-state index in [1.807, 2.05) is 19.1 Å². The molecule has 1 spiro atoms. The molecule has 4 fully saturated rings. The lowest BCUT2D eigenvalue weighted by Gasteiger charge is -2.43. The first-order valence-corrected chi connectivity index (χ1v) is 22.9. The molecule has 18 heteroatoms. The number of sulfonamides is 1. The predicted octanol–water partition coefficient (Wildman–Crippen LogP) is 6.22. The first kappa shape index (κ1) is 43.1. The average Bonchev–Trinajstić information content (AvgIpc) is 4.01. The monoisotopic (exact) mass is 873 g/mol. The summed E-state index contributed by atoms with van der Waals surface area (Å²) >= 11 is 0. The molecule has 8 rings (SSSR count). The molecule has 61 heavy (non-hydrogen) atoms. The molecule has 3 aliphatic heterocycles. The number of carbonyl (C=O) groups is 4. The van der Waals surface area contributed by atoms with E-state index in [2.05, 4.69) is 15.0 Å². The van der Waals surface area contributed by atoms with E-state index in [0.29, 0.717) is 79.3 Å².